The average Bonchev–Trinajstić information content (AvgIpc) is 2.87. The first-order valence-electron chi connectivity index (χ1n) is 6.61. The second-order valence-corrected chi connectivity index (χ2v) is 5.00. The summed E-state index contributed by atoms with van der Waals surface area (Å²) in [5, 5.41) is 21.6. The van der Waals surface area contributed by atoms with Crippen molar-refractivity contribution in [2.24, 2.45) is 0 Å². The van der Waals surface area contributed by atoms with Crippen molar-refractivity contribution in [2.45, 2.75) is 0 Å². The molecule has 0 saturated heterocycles. The highest BCUT2D eigenvalue weighted by atomic mass is 16.3. The SMILES string of the molecule is Oc1ccc(-c2nc3cc4ccccc4cc3[nH]2)c(O)c1. The van der Waals surface area contributed by atoms with Crippen LogP contribution in [0.4, 0.5) is 0 Å². The summed E-state index contributed by atoms with van der Waals surface area (Å²) in [4.78, 5) is 7.74. The minimum absolute atomic E-state index is 0.00129. The predicted octanol–water partition coefficient (Wildman–Crippen LogP) is 3.79. The minimum atomic E-state index is -0.00129. The van der Waals surface area contributed by atoms with E-state index in [1.807, 2.05) is 36.4 Å². The number of nitrogens with one attached hydrogen (secondary N) is 1. The van der Waals surface area contributed by atoms with Crippen LogP contribution in [0.1, 0.15) is 0 Å². The van der Waals surface area contributed by atoms with Crippen LogP contribution < -0.4 is 0 Å². The highest BCUT2D eigenvalue weighted by Crippen LogP contribution is 2.32. The molecular weight excluding hydrogens is 264 g/mol. The van der Waals surface area contributed by atoms with Gasteiger partial charge in [0.15, 0.2) is 0 Å². The van der Waals surface area contributed by atoms with Crippen LogP contribution in [-0.4, -0.2) is 20.2 Å². The molecule has 0 aliphatic carbocycles. The zero-order valence-corrected chi connectivity index (χ0v) is 11.0. The van der Waals surface area contributed by atoms with Gasteiger partial charge in [0.2, 0.25) is 0 Å². The Labute approximate surface area is 120 Å². The Bertz CT molecular complexity index is 921. The van der Waals surface area contributed by atoms with Gasteiger partial charge in [0, 0.05) is 6.07 Å². The first-order valence-corrected chi connectivity index (χ1v) is 6.61. The van der Waals surface area contributed by atoms with Gasteiger partial charge in [0.25, 0.3) is 0 Å². The molecule has 4 heteroatoms. The lowest BCUT2D eigenvalue weighted by Gasteiger charge is -2.01. The van der Waals surface area contributed by atoms with Crippen molar-refractivity contribution in [1.82, 2.24) is 9.97 Å². The van der Waals surface area contributed by atoms with Crippen LogP contribution in [0.25, 0.3) is 33.2 Å². The second-order valence-electron chi connectivity index (χ2n) is 5.00. The van der Waals surface area contributed by atoms with Crippen LogP contribution in [0.5, 0.6) is 11.5 Å². The molecule has 0 unspecified atom stereocenters. The van der Waals surface area contributed by atoms with E-state index in [9.17, 15) is 10.2 Å². The first-order chi connectivity index (χ1) is 10.2. The molecule has 0 amide bonds. The number of phenolic OH excluding ortho intramolecular Hbond substituents is 2. The molecule has 0 spiro atoms. The van der Waals surface area contributed by atoms with Crippen molar-refractivity contribution >= 4 is 21.8 Å². The van der Waals surface area contributed by atoms with E-state index in [-0.39, 0.29) is 11.5 Å². The third-order valence-electron chi connectivity index (χ3n) is 3.59. The van der Waals surface area contributed by atoms with Gasteiger partial charge >= 0.3 is 0 Å². The van der Waals surface area contributed by atoms with Gasteiger partial charge in [0.1, 0.15) is 17.3 Å². The van der Waals surface area contributed by atoms with Gasteiger partial charge in [-0.3, -0.25) is 0 Å². The maximum absolute atomic E-state index is 9.94. The Morgan fingerprint density at radius 3 is 2.38 bits per heavy atom. The van der Waals surface area contributed by atoms with E-state index in [2.05, 4.69) is 9.97 Å². The molecule has 4 rings (SSSR count). The number of phenols is 2. The quantitative estimate of drug-likeness (QED) is 0.495. The van der Waals surface area contributed by atoms with Crippen LogP contribution in [0.15, 0.2) is 54.6 Å². The number of benzene rings is 3. The number of hydrogen-bond acceptors (Lipinski definition) is 3. The Kier molecular flexibility index (Phi) is 2.38. The van der Waals surface area contributed by atoms with Gasteiger partial charge in [0.05, 0.1) is 16.6 Å². The van der Waals surface area contributed by atoms with Gasteiger partial charge in [-0.25, -0.2) is 4.98 Å². The predicted molar refractivity (Wildman–Crippen MR) is 82.4 cm³/mol. The number of rotatable bonds is 1. The van der Waals surface area contributed by atoms with Crippen molar-refractivity contribution in [3.63, 3.8) is 0 Å². The van der Waals surface area contributed by atoms with Gasteiger partial charge in [-0.2, -0.15) is 0 Å². The summed E-state index contributed by atoms with van der Waals surface area (Å²) in [5.74, 6) is 0.606. The van der Waals surface area contributed by atoms with E-state index in [0.29, 0.717) is 11.4 Å². The smallest absolute Gasteiger partial charge is 0.142 e. The molecule has 102 valence electrons. The molecule has 0 aliphatic rings. The van der Waals surface area contributed by atoms with Gasteiger partial charge in [-0.1, -0.05) is 24.3 Å². The average molecular weight is 276 g/mol. The molecule has 0 fully saturated rings. The van der Waals surface area contributed by atoms with Crippen LogP contribution in [-0.2, 0) is 0 Å². The monoisotopic (exact) mass is 276 g/mol. The third kappa shape index (κ3) is 1.89. The third-order valence-corrected chi connectivity index (χ3v) is 3.59. The number of imidazole rings is 1. The molecule has 3 N–H and O–H groups in total. The summed E-state index contributed by atoms with van der Waals surface area (Å²) in [6.45, 7) is 0. The van der Waals surface area contributed by atoms with Crippen LogP contribution >= 0.6 is 0 Å². The molecule has 1 aromatic heterocycles. The van der Waals surface area contributed by atoms with E-state index in [0.717, 1.165) is 21.8 Å². The lowest BCUT2D eigenvalue weighted by molar-refractivity contribution is 0.451. The number of H-pyrrole nitrogens is 1. The number of aromatic hydroxyl groups is 2. The Morgan fingerprint density at radius 2 is 1.62 bits per heavy atom. The number of nitrogens with zero attached hydrogens (tertiary/aromatic N) is 1. The summed E-state index contributed by atoms with van der Waals surface area (Å²) in [6, 6.07) is 16.6. The lowest BCUT2D eigenvalue weighted by atomic mass is 10.1. The highest BCUT2D eigenvalue weighted by Gasteiger charge is 2.10. The molecule has 0 bridgehead atoms. The van der Waals surface area contributed by atoms with E-state index in [1.54, 1.807) is 6.07 Å². The highest BCUT2D eigenvalue weighted by molar-refractivity contribution is 5.96. The molecule has 4 aromatic rings. The summed E-state index contributed by atoms with van der Waals surface area (Å²) in [5.41, 5.74) is 2.32. The Morgan fingerprint density at radius 1 is 0.857 bits per heavy atom. The number of hydrogen-bond donors (Lipinski definition) is 3. The molecule has 0 saturated carbocycles. The molecule has 21 heavy (non-hydrogen) atoms. The number of aromatic nitrogens is 2. The van der Waals surface area contributed by atoms with Crippen LogP contribution in [0, 0.1) is 0 Å². The molecule has 0 atom stereocenters. The standard InChI is InChI=1S/C17H12N2O2/c20-12-5-6-13(16(21)9-12)17-18-14-7-10-3-1-2-4-11(10)8-15(14)19-17/h1-9,20-21H,(H,18,19). The molecule has 0 aliphatic heterocycles. The van der Waals surface area contributed by atoms with E-state index >= 15 is 0 Å². The fraction of sp³-hybridized carbons (Fsp3) is 0. The van der Waals surface area contributed by atoms with E-state index in [4.69, 9.17) is 0 Å². The maximum Gasteiger partial charge on any atom is 0.142 e. The van der Waals surface area contributed by atoms with Crippen molar-refractivity contribution < 1.29 is 10.2 Å². The van der Waals surface area contributed by atoms with Crippen molar-refractivity contribution in [1.29, 1.82) is 0 Å². The fourth-order valence-electron chi connectivity index (χ4n) is 2.54. The van der Waals surface area contributed by atoms with Crippen LogP contribution in [0.3, 0.4) is 0 Å². The Hall–Kier alpha value is -3.01. The molecule has 3 aromatic carbocycles. The summed E-state index contributed by atoms with van der Waals surface area (Å²) in [7, 11) is 0. The lowest BCUT2D eigenvalue weighted by Crippen LogP contribution is -1.81. The second kappa shape index (κ2) is 4.24. The normalized spacial score (nSPS) is 11.2. The summed E-state index contributed by atoms with van der Waals surface area (Å²) >= 11 is 0. The number of fused-ring (bicyclic) bond motifs is 2. The number of aromatic amines is 1. The molecular formula is C17H12N2O2. The minimum Gasteiger partial charge on any atom is -0.508 e. The molecule has 4 nitrogen and oxygen atoms in total. The fourth-order valence-corrected chi connectivity index (χ4v) is 2.54. The van der Waals surface area contributed by atoms with Crippen molar-refractivity contribution in [2.75, 3.05) is 0 Å². The van der Waals surface area contributed by atoms with Crippen LogP contribution in [0.2, 0.25) is 0 Å². The summed E-state index contributed by atoms with van der Waals surface area (Å²) < 4.78 is 0. The first kappa shape index (κ1) is 11.8. The van der Waals surface area contributed by atoms with Gasteiger partial charge in [-0.15, -0.1) is 0 Å². The van der Waals surface area contributed by atoms with E-state index in [1.165, 1.54) is 12.1 Å². The van der Waals surface area contributed by atoms with E-state index < -0.39 is 0 Å². The zero-order valence-electron chi connectivity index (χ0n) is 11.0. The van der Waals surface area contributed by atoms with Crippen molar-refractivity contribution in [3.05, 3.63) is 54.6 Å². The molecule has 0 radical (unpaired) electrons. The van der Waals surface area contributed by atoms with Crippen molar-refractivity contribution in [3.8, 4) is 22.9 Å². The Balaban J connectivity index is 1.95. The van der Waals surface area contributed by atoms with Gasteiger partial charge in [-0.05, 0) is 35.0 Å². The van der Waals surface area contributed by atoms with Gasteiger partial charge < -0.3 is 15.2 Å². The summed E-state index contributed by atoms with van der Waals surface area (Å²) in [6.07, 6.45) is 0. The zero-order chi connectivity index (χ0) is 14.4. The maximum atomic E-state index is 9.94. The topological polar surface area (TPSA) is 69.1 Å². The largest absolute Gasteiger partial charge is 0.508 e. The molecule has 1 heterocycles.